The van der Waals surface area contributed by atoms with Crippen molar-refractivity contribution in [3.63, 3.8) is 0 Å². The van der Waals surface area contributed by atoms with Gasteiger partial charge in [0.2, 0.25) is 5.88 Å². The largest absolute Gasteiger partial charge is 0.378 e. The molecule has 76 valence electrons. The van der Waals surface area contributed by atoms with E-state index in [0.717, 1.165) is 51.0 Å². The molecule has 3 heterocycles. The standard InChI is InChI=1S/C9H13N3O2/c1-3-13-4-2-12(1)9-7-5-10-6-8(7)11-14-9/h10H,1-6H2. The first-order chi connectivity index (χ1) is 6.95. The Hall–Kier alpha value is -1.07. The maximum atomic E-state index is 5.36. The summed E-state index contributed by atoms with van der Waals surface area (Å²) in [4.78, 5) is 2.21. The molecule has 1 aromatic heterocycles. The van der Waals surface area contributed by atoms with E-state index in [1.807, 2.05) is 0 Å². The summed E-state index contributed by atoms with van der Waals surface area (Å²) >= 11 is 0. The van der Waals surface area contributed by atoms with Gasteiger partial charge in [-0.25, -0.2) is 0 Å². The summed E-state index contributed by atoms with van der Waals surface area (Å²) in [6.45, 7) is 5.09. The van der Waals surface area contributed by atoms with Crippen LogP contribution in [0.5, 0.6) is 0 Å². The lowest BCUT2D eigenvalue weighted by atomic mass is 10.2. The molecule has 0 radical (unpaired) electrons. The molecule has 1 fully saturated rings. The van der Waals surface area contributed by atoms with Crippen LogP contribution in [0.3, 0.4) is 0 Å². The third-order valence-corrected chi connectivity index (χ3v) is 2.74. The Morgan fingerprint density at radius 2 is 2.07 bits per heavy atom. The lowest BCUT2D eigenvalue weighted by molar-refractivity contribution is 0.120. The van der Waals surface area contributed by atoms with Crippen LogP contribution in [0.4, 0.5) is 5.88 Å². The first-order valence-electron chi connectivity index (χ1n) is 4.96. The van der Waals surface area contributed by atoms with Gasteiger partial charge in [0, 0.05) is 26.2 Å². The summed E-state index contributed by atoms with van der Waals surface area (Å²) in [5.41, 5.74) is 2.29. The molecule has 0 saturated carbocycles. The van der Waals surface area contributed by atoms with Crippen molar-refractivity contribution < 1.29 is 9.26 Å². The van der Waals surface area contributed by atoms with E-state index < -0.39 is 0 Å². The number of nitrogens with zero attached hydrogens (tertiary/aromatic N) is 2. The fourth-order valence-corrected chi connectivity index (χ4v) is 1.97. The summed E-state index contributed by atoms with van der Waals surface area (Å²) in [5, 5.41) is 7.32. The SMILES string of the molecule is C1CN(c2onc3c2CNC3)CCO1. The second-order valence-electron chi connectivity index (χ2n) is 3.62. The molecular weight excluding hydrogens is 182 g/mol. The highest BCUT2D eigenvalue weighted by molar-refractivity contribution is 5.48. The number of anilines is 1. The van der Waals surface area contributed by atoms with E-state index in [4.69, 9.17) is 9.26 Å². The zero-order valence-electron chi connectivity index (χ0n) is 7.95. The Kier molecular flexibility index (Phi) is 1.92. The van der Waals surface area contributed by atoms with Gasteiger partial charge < -0.3 is 19.5 Å². The van der Waals surface area contributed by atoms with Gasteiger partial charge in [0.05, 0.1) is 18.8 Å². The third kappa shape index (κ3) is 1.20. The molecule has 5 nitrogen and oxygen atoms in total. The first-order valence-corrected chi connectivity index (χ1v) is 4.96. The van der Waals surface area contributed by atoms with Gasteiger partial charge in [0.15, 0.2) is 0 Å². The van der Waals surface area contributed by atoms with Crippen LogP contribution in [0, 0.1) is 0 Å². The third-order valence-electron chi connectivity index (χ3n) is 2.74. The van der Waals surface area contributed by atoms with E-state index in [1.54, 1.807) is 0 Å². The highest BCUT2D eigenvalue weighted by atomic mass is 16.5. The highest BCUT2D eigenvalue weighted by Crippen LogP contribution is 2.27. The molecule has 0 aliphatic carbocycles. The molecule has 0 atom stereocenters. The van der Waals surface area contributed by atoms with Crippen LogP contribution in [0.25, 0.3) is 0 Å². The quantitative estimate of drug-likeness (QED) is 0.689. The molecule has 5 heteroatoms. The number of morpholine rings is 1. The predicted octanol–water partition coefficient (Wildman–Crippen LogP) is 0.114. The summed E-state index contributed by atoms with van der Waals surface area (Å²) in [5.74, 6) is 0.938. The molecule has 1 saturated heterocycles. The number of hydrogen-bond donors (Lipinski definition) is 1. The minimum atomic E-state index is 0.781. The lowest BCUT2D eigenvalue weighted by Gasteiger charge is -2.26. The zero-order chi connectivity index (χ0) is 9.38. The monoisotopic (exact) mass is 195 g/mol. The van der Waals surface area contributed by atoms with Gasteiger partial charge in [-0.3, -0.25) is 0 Å². The van der Waals surface area contributed by atoms with Crippen molar-refractivity contribution in [3.05, 3.63) is 11.3 Å². The van der Waals surface area contributed by atoms with Crippen LogP contribution in [0.2, 0.25) is 0 Å². The van der Waals surface area contributed by atoms with Gasteiger partial charge in [-0.1, -0.05) is 5.16 Å². The molecule has 0 unspecified atom stereocenters. The molecule has 2 aliphatic heterocycles. The molecule has 0 spiro atoms. The fourth-order valence-electron chi connectivity index (χ4n) is 1.97. The van der Waals surface area contributed by atoms with Crippen molar-refractivity contribution in [2.45, 2.75) is 13.1 Å². The lowest BCUT2D eigenvalue weighted by Crippen LogP contribution is -2.36. The van der Waals surface area contributed by atoms with Crippen LogP contribution in [-0.4, -0.2) is 31.5 Å². The van der Waals surface area contributed by atoms with E-state index in [-0.39, 0.29) is 0 Å². The molecule has 2 aliphatic rings. The molecule has 0 bridgehead atoms. The molecule has 3 rings (SSSR count). The average molecular weight is 195 g/mol. The van der Waals surface area contributed by atoms with Gasteiger partial charge in [-0.2, -0.15) is 0 Å². The number of aromatic nitrogens is 1. The van der Waals surface area contributed by atoms with E-state index in [2.05, 4.69) is 15.4 Å². The highest BCUT2D eigenvalue weighted by Gasteiger charge is 2.25. The molecule has 0 amide bonds. The smallest absolute Gasteiger partial charge is 0.232 e. The summed E-state index contributed by atoms with van der Waals surface area (Å²) in [6.07, 6.45) is 0. The average Bonchev–Trinajstić information content (AvgIpc) is 2.79. The zero-order valence-corrected chi connectivity index (χ0v) is 7.95. The molecule has 1 aromatic rings. The van der Waals surface area contributed by atoms with E-state index in [0.29, 0.717) is 0 Å². The van der Waals surface area contributed by atoms with Crippen molar-refractivity contribution >= 4 is 5.88 Å². The second kappa shape index (κ2) is 3.25. The maximum Gasteiger partial charge on any atom is 0.232 e. The van der Waals surface area contributed by atoms with Crippen LogP contribution in [0.15, 0.2) is 4.52 Å². The number of ether oxygens (including phenoxy) is 1. The Morgan fingerprint density at radius 3 is 2.93 bits per heavy atom. The molecule has 1 N–H and O–H groups in total. The van der Waals surface area contributed by atoms with Gasteiger partial charge in [-0.15, -0.1) is 0 Å². The maximum absolute atomic E-state index is 5.36. The number of hydrogen-bond acceptors (Lipinski definition) is 5. The fraction of sp³-hybridized carbons (Fsp3) is 0.667. The number of fused-ring (bicyclic) bond motifs is 1. The summed E-state index contributed by atoms with van der Waals surface area (Å²) in [6, 6.07) is 0. The predicted molar refractivity (Wildman–Crippen MR) is 50.1 cm³/mol. The second-order valence-corrected chi connectivity index (χ2v) is 3.62. The van der Waals surface area contributed by atoms with Crippen molar-refractivity contribution in [2.24, 2.45) is 0 Å². The van der Waals surface area contributed by atoms with Gasteiger partial charge in [0.1, 0.15) is 5.69 Å². The van der Waals surface area contributed by atoms with Crippen molar-refractivity contribution in [1.29, 1.82) is 0 Å². The normalized spacial score (nSPS) is 21.3. The van der Waals surface area contributed by atoms with Crippen LogP contribution < -0.4 is 10.2 Å². The first kappa shape index (κ1) is 8.26. The van der Waals surface area contributed by atoms with E-state index in [1.165, 1.54) is 5.56 Å². The Labute approximate surface area is 82.0 Å². The molecule has 0 aromatic carbocycles. The van der Waals surface area contributed by atoms with Crippen LogP contribution in [0.1, 0.15) is 11.3 Å². The van der Waals surface area contributed by atoms with Gasteiger partial charge in [0.25, 0.3) is 0 Å². The van der Waals surface area contributed by atoms with Crippen molar-refractivity contribution in [1.82, 2.24) is 10.5 Å². The Morgan fingerprint density at radius 1 is 1.21 bits per heavy atom. The van der Waals surface area contributed by atoms with Crippen LogP contribution >= 0.6 is 0 Å². The molecular formula is C9H13N3O2. The topological polar surface area (TPSA) is 50.5 Å². The summed E-state index contributed by atoms with van der Waals surface area (Å²) in [7, 11) is 0. The van der Waals surface area contributed by atoms with Gasteiger partial charge in [-0.05, 0) is 0 Å². The number of nitrogens with one attached hydrogen (secondary N) is 1. The van der Waals surface area contributed by atoms with Crippen LogP contribution in [-0.2, 0) is 17.8 Å². The van der Waals surface area contributed by atoms with E-state index in [9.17, 15) is 0 Å². The minimum absolute atomic E-state index is 0.781. The van der Waals surface area contributed by atoms with Crippen molar-refractivity contribution in [2.75, 3.05) is 31.2 Å². The number of rotatable bonds is 1. The molecule has 14 heavy (non-hydrogen) atoms. The van der Waals surface area contributed by atoms with E-state index >= 15 is 0 Å². The van der Waals surface area contributed by atoms with Gasteiger partial charge >= 0.3 is 0 Å². The minimum Gasteiger partial charge on any atom is -0.378 e. The van der Waals surface area contributed by atoms with Crippen molar-refractivity contribution in [3.8, 4) is 0 Å². The Balaban J connectivity index is 1.88. The summed E-state index contributed by atoms with van der Waals surface area (Å²) < 4.78 is 10.7. The Bertz CT molecular complexity index is 331.